The standard InChI is InChI=1S/C16H15F3N4/c1-22-10-12(9-21-22)15-3-2-6-23(15)13-5-4-11(8-20)14(7-13)16(17,18)19/h4-5,7,9-10,15H,2-3,6H2,1H3/t15-/m1/s1. The molecule has 0 unspecified atom stereocenters. The van der Waals surface area contributed by atoms with Crippen molar-refractivity contribution < 1.29 is 13.2 Å². The normalized spacial score (nSPS) is 18.2. The van der Waals surface area contributed by atoms with Crippen molar-refractivity contribution in [2.24, 2.45) is 7.05 Å². The van der Waals surface area contributed by atoms with E-state index in [0.717, 1.165) is 24.5 Å². The van der Waals surface area contributed by atoms with Gasteiger partial charge < -0.3 is 4.90 Å². The summed E-state index contributed by atoms with van der Waals surface area (Å²) in [6.07, 6.45) is 0.868. The van der Waals surface area contributed by atoms with Crippen molar-refractivity contribution in [2.75, 3.05) is 11.4 Å². The lowest BCUT2D eigenvalue weighted by Crippen LogP contribution is -2.23. The molecule has 2 heterocycles. The predicted octanol–water partition coefficient (Wildman–Crippen LogP) is 3.65. The smallest absolute Gasteiger partial charge is 0.364 e. The maximum atomic E-state index is 13.1. The summed E-state index contributed by atoms with van der Waals surface area (Å²) in [5, 5.41) is 13.0. The van der Waals surface area contributed by atoms with Crippen LogP contribution < -0.4 is 4.90 Å². The average Bonchev–Trinajstić information content (AvgIpc) is 3.14. The van der Waals surface area contributed by atoms with E-state index < -0.39 is 11.7 Å². The van der Waals surface area contributed by atoms with E-state index in [0.29, 0.717) is 12.2 Å². The van der Waals surface area contributed by atoms with Gasteiger partial charge in [0.25, 0.3) is 0 Å². The van der Waals surface area contributed by atoms with Crippen LogP contribution in [0.4, 0.5) is 18.9 Å². The molecule has 0 radical (unpaired) electrons. The Bertz CT molecular complexity index is 757. The quantitative estimate of drug-likeness (QED) is 0.848. The summed E-state index contributed by atoms with van der Waals surface area (Å²) in [5.41, 5.74) is 0.248. The molecule has 1 atom stereocenters. The number of aryl methyl sites for hydroxylation is 1. The van der Waals surface area contributed by atoms with Crippen molar-refractivity contribution in [2.45, 2.75) is 25.1 Å². The lowest BCUT2D eigenvalue weighted by molar-refractivity contribution is -0.137. The van der Waals surface area contributed by atoms with E-state index in [1.807, 2.05) is 18.1 Å². The van der Waals surface area contributed by atoms with Crippen LogP contribution in [0.3, 0.4) is 0 Å². The van der Waals surface area contributed by atoms with Crippen LogP contribution in [-0.2, 0) is 13.2 Å². The SMILES string of the molecule is Cn1cc([C@H]2CCCN2c2ccc(C#N)c(C(F)(F)F)c2)cn1. The molecule has 1 saturated heterocycles. The molecule has 120 valence electrons. The molecule has 7 heteroatoms. The third-order valence-corrected chi connectivity index (χ3v) is 4.12. The molecule has 0 amide bonds. The summed E-state index contributed by atoms with van der Waals surface area (Å²) in [5.74, 6) is 0. The average molecular weight is 320 g/mol. The highest BCUT2D eigenvalue weighted by Crippen LogP contribution is 2.39. The van der Waals surface area contributed by atoms with Crippen LogP contribution in [-0.4, -0.2) is 16.3 Å². The third kappa shape index (κ3) is 2.89. The van der Waals surface area contributed by atoms with Gasteiger partial charge in [-0.05, 0) is 31.0 Å². The Labute approximate surface area is 131 Å². The molecule has 0 saturated carbocycles. The second-order valence-electron chi connectivity index (χ2n) is 5.64. The minimum atomic E-state index is -4.54. The molecule has 1 aliphatic heterocycles. The van der Waals surface area contributed by atoms with Crippen LogP contribution in [0.5, 0.6) is 0 Å². The summed E-state index contributed by atoms with van der Waals surface area (Å²) in [7, 11) is 1.81. The van der Waals surface area contributed by atoms with Crippen LogP contribution in [0.15, 0.2) is 30.6 Å². The van der Waals surface area contributed by atoms with Gasteiger partial charge in [-0.3, -0.25) is 4.68 Å². The number of alkyl halides is 3. The molecule has 0 bridgehead atoms. The minimum Gasteiger partial charge on any atom is -0.364 e. The van der Waals surface area contributed by atoms with E-state index in [2.05, 4.69) is 5.10 Å². The van der Waals surface area contributed by atoms with Crippen LogP contribution in [0.1, 0.15) is 35.6 Å². The van der Waals surface area contributed by atoms with Crippen molar-refractivity contribution in [3.63, 3.8) is 0 Å². The van der Waals surface area contributed by atoms with E-state index in [1.165, 1.54) is 6.07 Å². The molecule has 1 fully saturated rings. The summed E-state index contributed by atoms with van der Waals surface area (Å²) >= 11 is 0. The number of hydrogen-bond acceptors (Lipinski definition) is 3. The highest BCUT2D eigenvalue weighted by molar-refractivity contribution is 5.56. The van der Waals surface area contributed by atoms with Gasteiger partial charge in [0, 0.05) is 31.0 Å². The van der Waals surface area contributed by atoms with Gasteiger partial charge in [0.15, 0.2) is 0 Å². The molecule has 0 spiro atoms. The van der Waals surface area contributed by atoms with Gasteiger partial charge in [-0.1, -0.05) is 0 Å². The first-order chi connectivity index (χ1) is 10.9. The molecule has 2 aromatic rings. The Morgan fingerprint density at radius 1 is 1.35 bits per heavy atom. The molecule has 0 N–H and O–H groups in total. The number of hydrogen-bond donors (Lipinski definition) is 0. The van der Waals surface area contributed by atoms with Crippen LogP contribution in [0, 0.1) is 11.3 Å². The van der Waals surface area contributed by atoms with Gasteiger partial charge in [0.2, 0.25) is 0 Å². The Hall–Kier alpha value is -2.49. The zero-order chi connectivity index (χ0) is 16.6. The summed E-state index contributed by atoms with van der Waals surface area (Å²) < 4.78 is 41.1. The van der Waals surface area contributed by atoms with E-state index >= 15 is 0 Å². The number of nitrogens with zero attached hydrogens (tertiary/aromatic N) is 4. The van der Waals surface area contributed by atoms with Gasteiger partial charge in [0.05, 0.1) is 29.4 Å². The zero-order valence-electron chi connectivity index (χ0n) is 12.5. The van der Waals surface area contributed by atoms with Gasteiger partial charge in [0.1, 0.15) is 0 Å². The number of benzene rings is 1. The first-order valence-corrected chi connectivity index (χ1v) is 7.26. The molecule has 1 aliphatic rings. The van der Waals surface area contributed by atoms with E-state index in [4.69, 9.17) is 5.26 Å². The summed E-state index contributed by atoms with van der Waals surface area (Å²) in [4.78, 5) is 1.95. The van der Waals surface area contributed by atoms with Gasteiger partial charge in [-0.2, -0.15) is 23.5 Å². The fourth-order valence-corrected chi connectivity index (χ4v) is 3.08. The molecule has 23 heavy (non-hydrogen) atoms. The number of anilines is 1. The first kappa shape index (κ1) is 15.4. The Kier molecular flexibility index (Phi) is 3.76. The lowest BCUT2D eigenvalue weighted by atomic mass is 10.0. The van der Waals surface area contributed by atoms with Gasteiger partial charge >= 0.3 is 6.18 Å². The Morgan fingerprint density at radius 2 is 2.13 bits per heavy atom. The predicted molar refractivity (Wildman–Crippen MR) is 78.7 cm³/mol. The van der Waals surface area contributed by atoms with Crippen molar-refractivity contribution in [1.29, 1.82) is 5.26 Å². The van der Waals surface area contributed by atoms with E-state index in [-0.39, 0.29) is 11.6 Å². The molecule has 4 nitrogen and oxygen atoms in total. The molecule has 1 aromatic carbocycles. The monoisotopic (exact) mass is 320 g/mol. The molecule has 0 aliphatic carbocycles. The van der Waals surface area contributed by atoms with Crippen molar-refractivity contribution in [3.05, 3.63) is 47.3 Å². The number of rotatable bonds is 2. The summed E-state index contributed by atoms with van der Waals surface area (Å²) in [6, 6.07) is 5.54. The Balaban J connectivity index is 1.99. The maximum Gasteiger partial charge on any atom is 0.417 e. The summed E-state index contributed by atoms with van der Waals surface area (Å²) in [6.45, 7) is 0.683. The number of nitriles is 1. The van der Waals surface area contributed by atoms with Crippen LogP contribution in [0.25, 0.3) is 0 Å². The minimum absolute atomic E-state index is 0.0118. The second-order valence-corrected chi connectivity index (χ2v) is 5.64. The Morgan fingerprint density at radius 3 is 2.74 bits per heavy atom. The number of aromatic nitrogens is 2. The van der Waals surface area contributed by atoms with Crippen molar-refractivity contribution in [1.82, 2.24) is 9.78 Å². The third-order valence-electron chi connectivity index (χ3n) is 4.12. The van der Waals surface area contributed by atoms with Crippen LogP contribution in [0.2, 0.25) is 0 Å². The highest BCUT2D eigenvalue weighted by atomic mass is 19.4. The van der Waals surface area contributed by atoms with E-state index in [1.54, 1.807) is 23.0 Å². The highest BCUT2D eigenvalue weighted by Gasteiger charge is 2.35. The molecule has 1 aromatic heterocycles. The van der Waals surface area contributed by atoms with Gasteiger partial charge in [-0.15, -0.1) is 0 Å². The maximum absolute atomic E-state index is 13.1. The fourth-order valence-electron chi connectivity index (χ4n) is 3.08. The van der Waals surface area contributed by atoms with Crippen molar-refractivity contribution >= 4 is 5.69 Å². The molecular formula is C16H15F3N4. The second kappa shape index (κ2) is 5.61. The van der Waals surface area contributed by atoms with Gasteiger partial charge in [-0.25, -0.2) is 0 Å². The topological polar surface area (TPSA) is 44.9 Å². The first-order valence-electron chi connectivity index (χ1n) is 7.26. The largest absolute Gasteiger partial charge is 0.417 e. The zero-order valence-corrected chi connectivity index (χ0v) is 12.5. The molecule has 3 rings (SSSR count). The molecular weight excluding hydrogens is 305 g/mol. The van der Waals surface area contributed by atoms with E-state index in [9.17, 15) is 13.2 Å². The fraction of sp³-hybridized carbons (Fsp3) is 0.375. The van der Waals surface area contributed by atoms with Crippen molar-refractivity contribution in [3.8, 4) is 6.07 Å². The van der Waals surface area contributed by atoms with Crippen LogP contribution >= 0.6 is 0 Å². The number of halogens is 3. The lowest BCUT2D eigenvalue weighted by Gasteiger charge is -2.27.